The minimum Gasteiger partial charge on any atom is -0.480 e. The van der Waals surface area contributed by atoms with E-state index >= 15 is 0 Å². The molecule has 1 aliphatic heterocycles. The lowest BCUT2D eigenvalue weighted by molar-refractivity contribution is -0.143. The number of carboxylic acids is 1. The van der Waals surface area contributed by atoms with Gasteiger partial charge >= 0.3 is 5.97 Å². The number of hydrogen-bond acceptors (Lipinski definition) is 12. The van der Waals surface area contributed by atoms with E-state index in [0.29, 0.717) is 83.0 Å². The Bertz CT molecular complexity index is 1840. The summed E-state index contributed by atoms with van der Waals surface area (Å²) in [5.41, 5.74) is 23.9. The molecule has 3 rings (SSSR count). The molecule has 1 aromatic heterocycles. The van der Waals surface area contributed by atoms with E-state index in [1.165, 1.54) is 11.8 Å². The molecule has 21 heteroatoms. The smallest absolute Gasteiger partial charge is 0.326 e. The van der Waals surface area contributed by atoms with Gasteiger partial charge in [0.15, 0.2) is 0 Å². The highest BCUT2D eigenvalue weighted by molar-refractivity contribution is 5.97. The molecule has 1 saturated heterocycles. The summed E-state index contributed by atoms with van der Waals surface area (Å²) < 4.78 is 0. The second-order valence-corrected chi connectivity index (χ2v) is 15.8. The van der Waals surface area contributed by atoms with Gasteiger partial charge in [0.05, 0.1) is 13.1 Å². The van der Waals surface area contributed by atoms with Crippen LogP contribution in [0.15, 0.2) is 30.5 Å². The van der Waals surface area contributed by atoms with Crippen molar-refractivity contribution in [3.05, 3.63) is 36.0 Å². The number of piperidine rings is 1. The normalized spacial score (nSPS) is 16.1. The summed E-state index contributed by atoms with van der Waals surface area (Å²) in [5, 5.41) is 26.5. The Morgan fingerprint density at radius 3 is 1.87 bits per heavy atom. The number of hydrogen-bond donors (Lipinski definition) is 12. The van der Waals surface area contributed by atoms with Crippen LogP contribution in [0, 0.1) is 0 Å². The lowest BCUT2D eigenvalue weighted by Gasteiger charge is -2.35. The highest BCUT2D eigenvalue weighted by Gasteiger charge is 2.36. The van der Waals surface area contributed by atoms with E-state index in [1.54, 1.807) is 6.20 Å². The van der Waals surface area contributed by atoms with Crippen molar-refractivity contribution in [3.8, 4) is 0 Å². The first-order valence-electron chi connectivity index (χ1n) is 21.9. The zero-order valence-electron chi connectivity index (χ0n) is 36.3. The van der Waals surface area contributed by atoms with E-state index in [4.69, 9.17) is 22.9 Å². The molecule has 0 unspecified atom stereocenters. The Morgan fingerprint density at radius 2 is 1.27 bits per heavy atom. The number of carboxylic acid groups (broad SMARTS) is 1. The lowest BCUT2D eigenvalue weighted by atomic mass is 9.99. The van der Waals surface area contributed by atoms with Crippen molar-refractivity contribution in [3.63, 3.8) is 0 Å². The second kappa shape index (κ2) is 27.4. The first kappa shape index (κ1) is 51.7. The highest BCUT2D eigenvalue weighted by atomic mass is 16.4. The van der Waals surface area contributed by atoms with Crippen molar-refractivity contribution in [2.24, 2.45) is 22.9 Å². The quantitative estimate of drug-likeness (QED) is 0.0416. The monoisotopic (exact) mass is 885 g/mol. The highest BCUT2D eigenvalue weighted by Crippen LogP contribution is 2.21. The van der Waals surface area contributed by atoms with Gasteiger partial charge in [-0.2, -0.15) is 0 Å². The number of aliphatic carboxylic acids is 1. The van der Waals surface area contributed by atoms with Crippen LogP contribution in [-0.4, -0.2) is 138 Å². The maximum Gasteiger partial charge on any atom is 0.326 e. The van der Waals surface area contributed by atoms with Crippen molar-refractivity contribution < 1.29 is 43.5 Å². The third-order valence-electron chi connectivity index (χ3n) is 10.9. The zero-order valence-corrected chi connectivity index (χ0v) is 36.3. The predicted octanol–water partition coefficient (Wildman–Crippen LogP) is -1.92. The molecule has 0 bridgehead atoms. The fraction of sp³-hybridized carbons (Fsp3) is 0.619. The Kier molecular flexibility index (Phi) is 22.5. The maximum atomic E-state index is 14.3. The number of unbranched alkanes of at least 4 members (excludes halogenated alkanes) is 3. The van der Waals surface area contributed by atoms with Crippen LogP contribution in [0.5, 0.6) is 0 Å². The molecule has 7 amide bonds. The number of H-pyrrole nitrogens is 1. The van der Waals surface area contributed by atoms with Crippen LogP contribution in [0.25, 0.3) is 10.9 Å². The van der Waals surface area contributed by atoms with Crippen molar-refractivity contribution >= 4 is 58.2 Å². The summed E-state index contributed by atoms with van der Waals surface area (Å²) in [5.74, 6) is -5.63. The van der Waals surface area contributed by atoms with E-state index in [9.17, 15) is 43.5 Å². The first-order valence-corrected chi connectivity index (χ1v) is 21.9. The first-order chi connectivity index (χ1) is 30.2. The summed E-state index contributed by atoms with van der Waals surface area (Å²) in [6.07, 6.45) is 6.59. The van der Waals surface area contributed by atoms with Crippen LogP contribution in [-0.2, 0) is 44.8 Å². The minimum atomic E-state index is -1.27. The summed E-state index contributed by atoms with van der Waals surface area (Å²) in [7, 11) is 0. The average molecular weight is 885 g/mol. The second-order valence-electron chi connectivity index (χ2n) is 15.8. The van der Waals surface area contributed by atoms with Gasteiger partial charge < -0.3 is 69.8 Å². The molecule has 1 fully saturated rings. The van der Waals surface area contributed by atoms with E-state index in [2.05, 4.69) is 36.9 Å². The summed E-state index contributed by atoms with van der Waals surface area (Å²) >= 11 is 0. The number of para-hydroxylation sites is 1. The van der Waals surface area contributed by atoms with Crippen LogP contribution in [0.3, 0.4) is 0 Å². The number of amides is 7. The number of nitrogens with zero attached hydrogens (tertiary/aromatic N) is 1. The fourth-order valence-corrected chi connectivity index (χ4v) is 7.37. The molecule has 1 aliphatic rings. The van der Waals surface area contributed by atoms with Crippen molar-refractivity contribution in [2.45, 2.75) is 127 Å². The number of fused-ring (bicyclic) bond motifs is 1. The average Bonchev–Trinajstić information content (AvgIpc) is 3.68. The van der Waals surface area contributed by atoms with Crippen molar-refractivity contribution in [1.82, 2.24) is 41.8 Å². The molecule has 2 heterocycles. The van der Waals surface area contributed by atoms with Crippen LogP contribution < -0.4 is 54.8 Å². The maximum absolute atomic E-state index is 14.3. The van der Waals surface area contributed by atoms with Gasteiger partial charge in [0.1, 0.15) is 36.3 Å². The topological polar surface area (TPSA) is 352 Å². The molecule has 16 N–H and O–H groups in total. The number of aromatic amines is 1. The van der Waals surface area contributed by atoms with Gasteiger partial charge in [-0.15, -0.1) is 0 Å². The number of carbonyl (C=O) groups is 8. The van der Waals surface area contributed by atoms with Crippen LogP contribution >= 0.6 is 0 Å². The lowest BCUT2D eigenvalue weighted by Crippen LogP contribution is -2.60. The van der Waals surface area contributed by atoms with Crippen LogP contribution in [0.4, 0.5) is 0 Å². The predicted molar refractivity (Wildman–Crippen MR) is 235 cm³/mol. The van der Waals surface area contributed by atoms with E-state index < -0.39 is 90.1 Å². The van der Waals surface area contributed by atoms with E-state index in [0.717, 1.165) is 10.9 Å². The third kappa shape index (κ3) is 16.9. The number of nitrogens with two attached hydrogens (primary N) is 4. The minimum absolute atomic E-state index is 0.0236. The molecular formula is C42H68N12O9. The number of benzene rings is 1. The number of rotatable bonds is 28. The van der Waals surface area contributed by atoms with Gasteiger partial charge in [-0.3, -0.25) is 33.6 Å². The van der Waals surface area contributed by atoms with Crippen LogP contribution in [0.2, 0.25) is 0 Å². The van der Waals surface area contributed by atoms with Gasteiger partial charge in [0, 0.05) is 30.1 Å². The Hall–Kier alpha value is -5.64. The zero-order chi connectivity index (χ0) is 46.3. The summed E-state index contributed by atoms with van der Waals surface area (Å²) in [4.78, 5) is 110. The number of carbonyl (C=O) groups excluding carboxylic acids is 7. The number of likely N-dealkylation sites (tertiary alicyclic amines) is 1. The van der Waals surface area contributed by atoms with Crippen molar-refractivity contribution in [1.29, 1.82) is 0 Å². The van der Waals surface area contributed by atoms with Gasteiger partial charge in [-0.05, 0) is 115 Å². The van der Waals surface area contributed by atoms with Gasteiger partial charge in [-0.25, -0.2) is 4.79 Å². The van der Waals surface area contributed by atoms with E-state index in [1.807, 2.05) is 24.3 Å². The number of aromatic nitrogens is 1. The third-order valence-corrected chi connectivity index (χ3v) is 10.9. The largest absolute Gasteiger partial charge is 0.480 e. The van der Waals surface area contributed by atoms with Crippen LogP contribution in [0.1, 0.15) is 89.5 Å². The summed E-state index contributed by atoms with van der Waals surface area (Å²) in [6.45, 7) is 1.93. The van der Waals surface area contributed by atoms with Gasteiger partial charge in [-0.1, -0.05) is 18.2 Å². The molecule has 2 aromatic rings. The standard InChI is InChI=1S/C42H68N12O9/c1-26(49-35(55)23-46)37(57)48-25-36(56)54-21-11-7-17-34(54)41(61)51-31(15-5-9-19-44)39(59)53-33(22-27-24-47-29-13-3-2-12-28(27)29)40(60)50-30(14-4-8-18-43)38(58)52-32(42(62)63)16-6-10-20-45/h2-3,12-13,24,26,30-34,47H,4-11,14-23,25,43-46H2,1H3,(H,48,57)(H,49,55)(H,50,60)(H,51,61)(H,52,58)(H,53,59)(H,62,63)/t26-,30-,31-,32-,33-,34-/m0/s1. The SMILES string of the molecule is C[C@H](NC(=O)CN)C(=O)NCC(=O)N1CCCC[C@H]1C(=O)N[C@@H](CCCCN)C(=O)N[C@@H](Cc1c[nH]c2ccccc12)C(=O)N[C@@H](CCCCN)C(=O)N[C@@H](CCCCN)C(=O)O. The number of nitrogens with one attached hydrogen (secondary N) is 7. The molecule has 1 aromatic carbocycles. The molecular weight excluding hydrogens is 817 g/mol. The Morgan fingerprint density at radius 1 is 0.714 bits per heavy atom. The molecule has 6 atom stereocenters. The van der Waals surface area contributed by atoms with Gasteiger partial charge in [0.25, 0.3) is 0 Å². The van der Waals surface area contributed by atoms with E-state index in [-0.39, 0.29) is 38.8 Å². The van der Waals surface area contributed by atoms with Gasteiger partial charge in [0.2, 0.25) is 41.4 Å². The molecule has 0 radical (unpaired) electrons. The Balaban J connectivity index is 1.87. The molecule has 21 nitrogen and oxygen atoms in total. The fourth-order valence-electron chi connectivity index (χ4n) is 7.37. The van der Waals surface area contributed by atoms with Crippen molar-refractivity contribution in [2.75, 3.05) is 39.3 Å². The molecule has 0 saturated carbocycles. The molecule has 0 aliphatic carbocycles. The molecule has 63 heavy (non-hydrogen) atoms. The Labute approximate surface area is 367 Å². The molecule has 350 valence electrons. The summed E-state index contributed by atoms with van der Waals surface area (Å²) in [6, 6.07) is 0.641. The molecule has 0 spiro atoms.